The minimum Gasteiger partial charge on any atom is -0.508 e. The summed E-state index contributed by atoms with van der Waals surface area (Å²) in [5.74, 6) is 0.465. The van der Waals surface area contributed by atoms with Gasteiger partial charge in [-0.15, -0.1) is 0 Å². The van der Waals surface area contributed by atoms with Crippen molar-refractivity contribution in [2.24, 2.45) is 0 Å². The molecule has 0 unspecified atom stereocenters. The lowest BCUT2D eigenvalue weighted by Crippen LogP contribution is -1.87. The number of aryl methyl sites for hydroxylation is 1. The van der Waals surface area contributed by atoms with E-state index in [4.69, 9.17) is 0 Å². The van der Waals surface area contributed by atoms with E-state index in [2.05, 4.69) is 13.0 Å². The second-order valence-corrected chi connectivity index (χ2v) is 12.3. The van der Waals surface area contributed by atoms with Gasteiger partial charge in [-0.25, -0.2) is 0 Å². The molecular weight excluding hydrogens is 460 g/mol. The molecule has 0 aromatic heterocycles. The number of benzene rings is 1. The van der Waals surface area contributed by atoms with Crippen LogP contribution in [0.3, 0.4) is 0 Å². The molecule has 1 aromatic carbocycles. The third-order valence-electron chi connectivity index (χ3n) is 8.54. The number of hydrogen-bond donors (Lipinski definition) is 1. The number of aromatic hydroxyl groups is 1. The summed E-state index contributed by atoms with van der Waals surface area (Å²) >= 11 is 0. The Morgan fingerprint density at radius 3 is 0.921 bits per heavy atom. The Balaban J connectivity index is 1.65. The minimum atomic E-state index is 0.465. The first kappa shape index (κ1) is 35.0. The second kappa shape index (κ2) is 29.0. The van der Waals surface area contributed by atoms with Crippen molar-refractivity contribution in [2.75, 3.05) is 0 Å². The van der Waals surface area contributed by atoms with Crippen molar-refractivity contribution in [3.05, 3.63) is 29.8 Å². The van der Waals surface area contributed by atoms with Crippen molar-refractivity contribution < 1.29 is 5.11 Å². The Bertz CT molecular complexity index is 580. The predicted molar refractivity (Wildman–Crippen MR) is 171 cm³/mol. The van der Waals surface area contributed by atoms with Crippen molar-refractivity contribution in [2.45, 2.75) is 200 Å². The summed E-state index contributed by atoms with van der Waals surface area (Å²) in [5, 5.41) is 9.82. The number of unbranched alkanes of at least 4 members (excludes halogenated alkanes) is 28. The molecule has 0 radical (unpaired) electrons. The summed E-state index contributed by atoms with van der Waals surface area (Å²) in [5.41, 5.74) is 1.11. The van der Waals surface area contributed by atoms with Gasteiger partial charge in [0.2, 0.25) is 0 Å². The third-order valence-corrected chi connectivity index (χ3v) is 8.54. The molecule has 0 aliphatic rings. The first-order chi connectivity index (χ1) is 18.8. The van der Waals surface area contributed by atoms with E-state index in [0.29, 0.717) is 5.75 Å². The Labute approximate surface area is 240 Å². The first-order valence-corrected chi connectivity index (χ1v) is 17.6. The zero-order chi connectivity index (χ0) is 27.2. The predicted octanol–water partition coefficient (Wildman–Crippen LogP) is 13.3. The van der Waals surface area contributed by atoms with Gasteiger partial charge in [-0.05, 0) is 24.5 Å². The second-order valence-electron chi connectivity index (χ2n) is 12.3. The van der Waals surface area contributed by atoms with Gasteiger partial charge in [-0.1, -0.05) is 205 Å². The topological polar surface area (TPSA) is 20.2 Å². The monoisotopic (exact) mass is 529 g/mol. The molecule has 0 spiro atoms. The van der Waals surface area contributed by atoms with Gasteiger partial charge >= 0.3 is 0 Å². The van der Waals surface area contributed by atoms with Gasteiger partial charge in [0, 0.05) is 0 Å². The van der Waals surface area contributed by atoms with E-state index < -0.39 is 0 Å². The van der Waals surface area contributed by atoms with Gasteiger partial charge in [0.1, 0.15) is 5.75 Å². The fourth-order valence-electron chi connectivity index (χ4n) is 5.88. The Kier molecular flexibility index (Phi) is 26.8. The Morgan fingerprint density at radius 2 is 0.632 bits per heavy atom. The molecule has 0 fully saturated rings. The molecule has 1 N–H and O–H groups in total. The molecule has 0 heterocycles. The maximum atomic E-state index is 9.82. The van der Waals surface area contributed by atoms with Crippen LogP contribution in [0.2, 0.25) is 0 Å². The van der Waals surface area contributed by atoms with Crippen LogP contribution in [0.1, 0.15) is 199 Å². The Morgan fingerprint density at radius 1 is 0.368 bits per heavy atom. The van der Waals surface area contributed by atoms with Crippen LogP contribution in [0, 0.1) is 0 Å². The van der Waals surface area contributed by atoms with E-state index in [9.17, 15) is 5.11 Å². The molecule has 222 valence electrons. The highest BCUT2D eigenvalue weighted by Gasteiger charge is 2.00. The van der Waals surface area contributed by atoms with Crippen molar-refractivity contribution >= 4 is 0 Å². The molecule has 38 heavy (non-hydrogen) atoms. The molecular formula is C37H68O. The van der Waals surface area contributed by atoms with E-state index in [1.165, 1.54) is 186 Å². The number of phenols is 1. The minimum absolute atomic E-state index is 0.465. The molecule has 0 aliphatic carbocycles. The quantitative estimate of drug-likeness (QED) is 0.0984. The van der Waals surface area contributed by atoms with Crippen molar-refractivity contribution in [3.63, 3.8) is 0 Å². The van der Waals surface area contributed by atoms with Crippen LogP contribution in [0.4, 0.5) is 0 Å². The third kappa shape index (κ3) is 24.1. The molecule has 0 atom stereocenters. The summed E-state index contributed by atoms with van der Waals surface area (Å²) in [7, 11) is 0. The molecule has 0 aliphatic heterocycles. The molecule has 0 saturated heterocycles. The highest BCUT2D eigenvalue weighted by Crippen LogP contribution is 2.19. The van der Waals surface area contributed by atoms with Gasteiger partial charge in [0.05, 0.1) is 0 Å². The maximum Gasteiger partial charge on any atom is 0.118 e. The number of hydrogen-bond acceptors (Lipinski definition) is 1. The van der Waals surface area contributed by atoms with Crippen molar-refractivity contribution in [1.29, 1.82) is 0 Å². The summed E-state index contributed by atoms with van der Waals surface area (Å²) in [6, 6.07) is 7.78. The fourth-order valence-corrected chi connectivity index (χ4v) is 5.88. The van der Waals surface area contributed by atoms with Crippen LogP contribution < -0.4 is 0 Å². The fraction of sp³-hybridized carbons (Fsp3) is 0.838. The lowest BCUT2D eigenvalue weighted by molar-refractivity contribution is 0.465. The number of rotatable bonds is 30. The molecule has 1 aromatic rings. The SMILES string of the molecule is CCCCCCCCCCCCCCCCCCCCCCCCCCCCCCCc1ccccc1O. The van der Waals surface area contributed by atoms with Crippen LogP contribution in [0.25, 0.3) is 0 Å². The van der Waals surface area contributed by atoms with E-state index in [1.807, 2.05) is 12.1 Å². The largest absolute Gasteiger partial charge is 0.508 e. The molecule has 0 amide bonds. The maximum absolute atomic E-state index is 9.82. The summed E-state index contributed by atoms with van der Waals surface area (Å²) in [6.07, 6.45) is 42.9. The first-order valence-electron chi connectivity index (χ1n) is 17.6. The van der Waals surface area contributed by atoms with E-state index in [0.717, 1.165) is 12.0 Å². The van der Waals surface area contributed by atoms with Crippen LogP contribution in [0.5, 0.6) is 5.75 Å². The summed E-state index contributed by atoms with van der Waals surface area (Å²) < 4.78 is 0. The van der Waals surface area contributed by atoms with Gasteiger partial charge < -0.3 is 5.11 Å². The highest BCUT2D eigenvalue weighted by atomic mass is 16.3. The van der Waals surface area contributed by atoms with Crippen LogP contribution >= 0.6 is 0 Å². The Hall–Kier alpha value is -0.980. The lowest BCUT2D eigenvalue weighted by atomic mass is 10.0. The number of para-hydroxylation sites is 1. The van der Waals surface area contributed by atoms with Crippen LogP contribution in [-0.2, 0) is 6.42 Å². The molecule has 1 rings (SSSR count). The smallest absolute Gasteiger partial charge is 0.118 e. The number of phenolic OH excluding ortho intramolecular Hbond substituents is 1. The molecule has 1 heteroatoms. The van der Waals surface area contributed by atoms with Crippen molar-refractivity contribution in [3.8, 4) is 5.75 Å². The molecule has 0 saturated carbocycles. The molecule has 1 nitrogen and oxygen atoms in total. The molecule has 0 bridgehead atoms. The van der Waals surface area contributed by atoms with Crippen molar-refractivity contribution in [1.82, 2.24) is 0 Å². The highest BCUT2D eigenvalue weighted by molar-refractivity contribution is 5.31. The van der Waals surface area contributed by atoms with E-state index in [1.54, 1.807) is 6.07 Å². The summed E-state index contributed by atoms with van der Waals surface area (Å²) in [4.78, 5) is 0. The van der Waals surface area contributed by atoms with Crippen LogP contribution in [0.15, 0.2) is 24.3 Å². The zero-order valence-corrected chi connectivity index (χ0v) is 26.0. The van der Waals surface area contributed by atoms with Gasteiger partial charge in [0.25, 0.3) is 0 Å². The van der Waals surface area contributed by atoms with Crippen LogP contribution in [-0.4, -0.2) is 5.11 Å². The average Bonchev–Trinajstić information content (AvgIpc) is 2.93. The average molecular weight is 529 g/mol. The lowest BCUT2D eigenvalue weighted by Gasteiger charge is -2.05. The standard InChI is InChI=1S/C37H68O/c1-2-3-4-5-6-7-8-9-10-11-12-13-14-15-16-17-18-19-20-21-22-23-24-25-26-27-28-29-30-33-36-34-31-32-35-37(36)38/h31-32,34-35,38H,2-30,33H2,1H3. The normalized spacial score (nSPS) is 11.4. The van der Waals surface area contributed by atoms with Gasteiger partial charge in [-0.3, -0.25) is 0 Å². The van der Waals surface area contributed by atoms with E-state index in [-0.39, 0.29) is 0 Å². The van der Waals surface area contributed by atoms with E-state index >= 15 is 0 Å². The van der Waals surface area contributed by atoms with Gasteiger partial charge in [-0.2, -0.15) is 0 Å². The van der Waals surface area contributed by atoms with Gasteiger partial charge in [0.15, 0.2) is 0 Å². The zero-order valence-electron chi connectivity index (χ0n) is 26.0. The summed E-state index contributed by atoms with van der Waals surface area (Å²) in [6.45, 7) is 2.30.